The number of aromatic amines is 1. The lowest BCUT2D eigenvalue weighted by molar-refractivity contribution is 0.578. The minimum absolute atomic E-state index is 0.0194. The minimum Gasteiger partial charge on any atom is -0.384 e. The fourth-order valence-corrected chi connectivity index (χ4v) is 3.57. The van der Waals surface area contributed by atoms with Crippen LogP contribution < -0.4 is 16.2 Å². The van der Waals surface area contributed by atoms with E-state index in [1.54, 1.807) is 0 Å². The van der Waals surface area contributed by atoms with Crippen LogP contribution in [0.4, 0.5) is 11.5 Å². The van der Waals surface area contributed by atoms with Gasteiger partial charge in [-0.05, 0) is 31.4 Å². The lowest BCUT2D eigenvalue weighted by Gasteiger charge is -2.31. The second-order valence-electron chi connectivity index (χ2n) is 5.93. The smallest absolute Gasteiger partial charge is 0.268 e. The first kappa shape index (κ1) is 17.1. The van der Waals surface area contributed by atoms with E-state index in [2.05, 4.69) is 25.8 Å². The Labute approximate surface area is 153 Å². The van der Waals surface area contributed by atoms with Crippen LogP contribution in [0.1, 0.15) is 30.4 Å². The number of hydrogen-bond acceptors (Lipinski definition) is 5. The molecule has 0 saturated carbocycles. The second-order valence-corrected chi connectivity index (χ2v) is 6.84. The Bertz CT molecular complexity index is 961. The highest BCUT2D eigenvalue weighted by Crippen LogP contribution is 2.38. The molecular weight excluding hydrogens is 382 g/mol. The van der Waals surface area contributed by atoms with Crippen LogP contribution in [0.25, 0.3) is 11.1 Å². The predicted octanol–water partition coefficient (Wildman–Crippen LogP) is 3.12. The first-order valence-electron chi connectivity index (χ1n) is 7.97. The lowest BCUT2D eigenvalue weighted by atomic mass is 9.94. The molecule has 0 aliphatic carbocycles. The summed E-state index contributed by atoms with van der Waals surface area (Å²) in [7, 11) is 0. The molecule has 0 bridgehead atoms. The third-order valence-electron chi connectivity index (χ3n) is 4.39. The number of piperidine rings is 1. The average Bonchev–Trinajstić information content (AvgIpc) is 2.62. The highest BCUT2D eigenvalue weighted by Gasteiger charge is 2.23. The Morgan fingerprint density at radius 1 is 1.12 bits per heavy atom. The number of aromatic nitrogens is 1. The van der Waals surface area contributed by atoms with Crippen molar-refractivity contribution in [3.8, 4) is 23.3 Å². The number of H-pyrrole nitrogens is 1. The maximum atomic E-state index is 12.2. The number of nitrogens with one attached hydrogen (secondary N) is 1. The highest BCUT2D eigenvalue weighted by molar-refractivity contribution is 9.10. The Hall–Kier alpha value is -2.77. The second kappa shape index (κ2) is 7.00. The molecule has 2 aromatic rings. The number of pyridine rings is 1. The van der Waals surface area contributed by atoms with Crippen LogP contribution in [0.5, 0.6) is 0 Å². The molecule has 1 aliphatic rings. The van der Waals surface area contributed by atoms with Gasteiger partial charge in [-0.15, -0.1) is 0 Å². The van der Waals surface area contributed by atoms with Crippen LogP contribution in [-0.2, 0) is 0 Å². The van der Waals surface area contributed by atoms with Crippen LogP contribution in [0.2, 0.25) is 0 Å². The number of halogens is 1. The summed E-state index contributed by atoms with van der Waals surface area (Å²) in [4.78, 5) is 16.8. The molecule has 1 aromatic heterocycles. The van der Waals surface area contributed by atoms with Crippen LogP contribution in [0.15, 0.2) is 27.5 Å². The van der Waals surface area contributed by atoms with E-state index in [4.69, 9.17) is 5.73 Å². The summed E-state index contributed by atoms with van der Waals surface area (Å²) in [5.74, 6) is -0.0194. The maximum Gasteiger partial charge on any atom is 0.268 e. The molecule has 1 fully saturated rings. The number of hydrogen-bond donors (Lipinski definition) is 2. The van der Waals surface area contributed by atoms with Crippen molar-refractivity contribution in [1.29, 1.82) is 10.5 Å². The molecule has 1 saturated heterocycles. The summed E-state index contributed by atoms with van der Waals surface area (Å²) in [6.45, 7) is 1.79. The van der Waals surface area contributed by atoms with E-state index >= 15 is 0 Å². The van der Waals surface area contributed by atoms with Crippen LogP contribution in [0, 0.1) is 22.7 Å². The Kier molecular flexibility index (Phi) is 4.78. The standard InChI is InChI=1S/C18H16BrN5O/c19-11-4-5-12(15(8-11)24-6-2-1-3-7-24)16-13(9-20)17(22)23-18(25)14(16)10-21/h4-5,8H,1-3,6-7H2,(H3,22,23,25). The molecule has 0 radical (unpaired) electrons. The topological polar surface area (TPSA) is 110 Å². The summed E-state index contributed by atoms with van der Waals surface area (Å²) in [6, 6.07) is 9.58. The van der Waals surface area contributed by atoms with E-state index in [1.807, 2.05) is 30.3 Å². The largest absolute Gasteiger partial charge is 0.384 e. The molecule has 25 heavy (non-hydrogen) atoms. The van der Waals surface area contributed by atoms with Gasteiger partial charge in [0.2, 0.25) is 0 Å². The van der Waals surface area contributed by atoms with Crippen molar-refractivity contribution >= 4 is 27.4 Å². The van der Waals surface area contributed by atoms with Gasteiger partial charge in [-0.3, -0.25) is 4.79 Å². The zero-order valence-electron chi connectivity index (χ0n) is 13.5. The summed E-state index contributed by atoms with van der Waals surface area (Å²) in [5, 5.41) is 19.0. The van der Waals surface area contributed by atoms with Crippen molar-refractivity contribution < 1.29 is 0 Å². The zero-order chi connectivity index (χ0) is 18.0. The fourth-order valence-electron chi connectivity index (χ4n) is 3.23. The fraction of sp³-hybridized carbons (Fsp3) is 0.278. The summed E-state index contributed by atoms with van der Waals surface area (Å²) in [5.41, 5.74) is 7.17. The summed E-state index contributed by atoms with van der Waals surface area (Å²) < 4.78 is 0.895. The summed E-state index contributed by atoms with van der Waals surface area (Å²) in [6.07, 6.45) is 3.35. The third-order valence-corrected chi connectivity index (χ3v) is 4.89. The monoisotopic (exact) mass is 397 g/mol. The van der Waals surface area contributed by atoms with Gasteiger partial charge in [0.05, 0.1) is 0 Å². The molecule has 126 valence electrons. The molecule has 0 spiro atoms. The average molecular weight is 398 g/mol. The molecule has 0 amide bonds. The van der Waals surface area contributed by atoms with Crippen molar-refractivity contribution in [3.63, 3.8) is 0 Å². The van der Waals surface area contributed by atoms with Crippen molar-refractivity contribution in [3.05, 3.63) is 44.2 Å². The first-order valence-corrected chi connectivity index (χ1v) is 8.77. The molecule has 3 rings (SSSR count). The van der Waals surface area contributed by atoms with Crippen molar-refractivity contribution in [1.82, 2.24) is 4.98 Å². The van der Waals surface area contributed by atoms with Gasteiger partial charge in [-0.25, -0.2) is 0 Å². The molecule has 0 atom stereocenters. The molecule has 1 aromatic carbocycles. The number of benzene rings is 1. The van der Waals surface area contributed by atoms with Gasteiger partial charge in [0.1, 0.15) is 29.1 Å². The zero-order valence-corrected chi connectivity index (χ0v) is 15.1. The number of anilines is 2. The lowest BCUT2D eigenvalue weighted by Crippen LogP contribution is -2.30. The number of nitrogen functional groups attached to an aromatic ring is 1. The Morgan fingerprint density at radius 2 is 1.80 bits per heavy atom. The van der Waals surface area contributed by atoms with Crippen LogP contribution in [0.3, 0.4) is 0 Å². The number of nitrogens with zero attached hydrogens (tertiary/aromatic N) is 3. The van der Waals surface area contributed by atoms with Gasteiger partial charge < -0.3 is 15.6 Å². The predicted molar refractivity (Wildman–Crippen MR) is 100 cm³/mol. The first-order chi connectivity index (χ1) is 12.1. The Balaban J connectivity index is 2.33. The van der Waals surface area contributed by atoms with Crippen molar-refractivity contribution in [2.24, 2.45) is 0 Å². The molecule has 3 N–H and O–H groups in total. The van der Waals surface area contributed by atoms with Gasteiger partial charge in [-0.1, -0.05) is 22.0 Å². The third kappa shape index (κ3) is 3.11. The van der Waals surface area contributed by atoms with Gasteiger partial charge in [0.15, 0.2) is 0 Å². The molecule has 7 heteroatoms. The van der Waals surface area contributed by atoms with E-state index < -0.39 is 5.56 Å². The van der Waals surface area contributed by atoms with E-state index in [1.165, 1.54) is 6.42 Å². The Morgan fingerprint density at radius 3 is 2.44 bits per heavy atom. The summed E-state index contributed by atoms with van der Waals surface area (Å²) >= 11 is 3.49. The number of nitriles is 2. The van der Waals surface area contributed by atoms with Gasteiger partial charge in [0, 0.05) is 34.4 Å². The van der Waals surface area contributed by atoms with Crippen LogP contribution >= 0.6 is 15.9 Å². The normalized spacial score (nSPS) is 14.0. The molecule has 0 unspecified atom stereocenters. The van der Waals surface area contributed by atoms with Gasteiger partial charge >= 0.3 is 0 Å². The van der Waals surface area contributed by atoms with Gasteiger partial charge in [-0.2, -0.15) is 10.5 Å². The van der Waals surface area contributed by atoms with E-state index in [-0.39, 0.29) is 16.9 Å². The van der Waals surface area contributed by atoms with E-state index in [9.17, 15) is 15.3 Å². The highest BCUT2D eigenvalue weighted by atomic mass is 79.9. The SMILES string of the molecule is N#Cc1c(N)[nH]c(=O)c(C#N)c1-c1ccc(Br)cc1N1CCCCC1. The molecular formula is C18H16BrN5O. The van der Waals surface area contributed by atoms with Crippen molar-refractivity contribution in [2.45, 2.75) is 19.3 Å². The van der Waals surface area contributed by atoms with Crippen LogP contribution in [-0.4, -0.2) is 18.1 Å². The minimum atomic E-state index is -0.582. The van der Waals surface area contributed by atoms with E-state index in [0.29, 0.717) is 11.1 Å². The van der Waals surface area contributed by atoms with E-state index in [0.717, 1.165) is 36.1 Å². The quantitative estimate of drug-likeness (QED) is 0.808. The van der Waals surface area contributed by atoms with Crippen molar-refractivity contribution in [2.75, 3.05) is 23.7 Å². The molecule has 2 heterocycles. The van der Waals surface area contributed by atoms with Gasteiger partial charge in [0.25, 0.3) is 5.56 Å². The molecule has 6 nitrogen and oxygen atoms in total. The number of rotatable bonds is 2. The maximum absolute atomic E-state index is 12.2. The number of nitrogens with two attached hydrogens (primary N) is 1. The molecule has 1 aliphatic heterocycles.